The van der Waals surface area contributed by atoms with Crippen molar-refractivity contribution in [3.8, 4) is 0 Å². The lowest BCUT2D eigenvalue weighted by atomic mass is 10.00. The minimum absolute atomic E-state index is 0.0183. The number of hydrogen-bond acceptors (Lipinski definition) is 4. The molecule has 1 N–H and O–H groups in total. The van der Waals surface area contributed by atoms with Gasteiger partial charge < -0.3 is 10.2 Å². The fourth-order valence-electron chi connectivity index (χ4n) is 2.86. The van der Waals surface area contributed by atoms with E-state index >= 15 is 0 Å². The van der Waals surface area contributed by atoms with Crippen molar-refractivity contribution in [3.63, 3.8) is 0 Å². The van der Waals surface area contributed by atoms with Crippen molar-refractivity contribution >= 4 is 21.7 Å². The highest BCUT2D eigenvalue weighted by atomic mass is 32.2. The molecule has 1 aromatic rings. The SMILES string of the molecule is CC1CCCN(C(=O)CCNC(=O)c2ccc(S(=O)(=O)C(F)F)cc2)C1. The quantitative estimate of drug-likeness (QED) is 0.809. The molecule has 6 nitrogen and oxygen atoms in total. The molecule has 1 unspecified atom stereocenters. The first kappa shape index (κ1) is 20.3. The third-order valence-electron chi connectivity index (χ3n) is 4.31. The maximum absolute atomic E-state index is 12.5. The Bertz CT molecular complexity index is 751. The molecule has 1 saturated heterocycles. The van der Waals surface area contributed by atoms with Crippen LogP contribution in [0, 0.1) is 5.92 Å². The number of halogens is 2. The predicted octanol–water partition coefficient (Wildman–Crippen LogP) is 2.06. The van der Waals surface area contributed by atoms with Crippen LogP contribution in [-0.4, -0.2) is 50.5 Å². The molecule has 9 heteroatoms. The maximum atomic E-state index is 12.5. The number of benzene rings is 1. The van der Waals surface area contributed by atoms with Crippen LogP contribution in [0.1, 0.15) is 36.5 Å². The maximum Gasteiger partial charge on any atom is 0.341 e. The lowest BCUT2D eigenvalue weighted by Gasteiger charge is -2.31. The van der Waals surface area contributed by atoms with Gasteiger partial charge in [-0.1, -0.05) is 6.92 Å². The molecule has 1 fully saturated rings. The molecule has 2 amide bonds. The number of alkyl halides is 2. The Morgan fingerprint density at radius 1 is 1.27 bits per heavy atom. The molecule has 0 aromatic heterocycles. The van der Waals surface area contributed by atoms with Crippen LogP contribution in [0.15, 0.2) is 29.2 Å². The van der Waals surface area contributed by atoms with Crippen LogP contribution in [0.4, 0.5) is 8.78 Å². The second-order valence-corrected chi connectivity index (χ2v) is 8.34. The van der Waals surface area contributed by atoms with Gasteiger partial charge in [0.05, 0.1) is 4.90 Å². The summed E-state index contributed by atoms with van der Waals surface area (Å²) in [7, 11) is -4.68. The van der Waals surface area contributed by atoms with Gasteiger partial charge in [-0.2, -0.15) is 8.78 Å². The van der Waals surface area contributed by atoms with Gasteiger partial charge >= 0.3 is 5.76 Å². The number of likely N-dealkylation sites (tertiary alicyclic amines) is 1. The summed E-state index contributed by atoms with van der Waals surface area (Å²) in [5.74, 6) is -3.54. The normalized spacial score (nSPS) is 18.0. The Kier molecular flexibility index (Phi) is 6.69. The second kappa shape index (κ2) is 8.57. The number of hydrogen-bond donors (Lipinski definition) is 1. The minimum Gasteiger partial charge on any atom is -0.352 e. The predicted molar refractivity (Wildman–Crippen MR) is 91.6 cm³/mol. The largest absolute Gasteiger partial charge is 0.352 e. The van der Waals surface area contributed by atoms with Crippen molar-refractivity contribution in [1.82, 2.24) is 10.2 Å². The van der Waals surface area contributed by atoms with Gasteiger partial charge in [-0.25, -0.2) is 8.42 Å². The smallest absolute Gasteiger partial charge is 0.341 e. The third-order valence-corrected chi connectivity index (χ3v) is 5.71. The lowest BCUT2D eigenvalue weighted by molar-refractivity contribution is -0.132. The summed E-state index contributed by atoms with van der Waals surface area (Å²) in [6.45, 7) is 3.71. The van der Waals surface area contributed by atoms with Crippen molar-refractivity contribution in [2.24, 2.45) is 5.92 Å². The van der Waals surface area contributed by atoms with Crippen molar-refractivity contribution in [3.05, 3.63) is 29.8 Å². The molecule has 0 aliphatic carbocycles. The van der Waals surface area contributed by atoms with E-state index in [9.17, 15) is 26.8 Å². The molecular formula is C17H22F2N2O4S. The van der Waals surface area contributed by atoms with Gasteiger partial charge in [-0.05, 0) is 43.0 Å². The van der Waals surface area contributed by atoms with Crippen molar-refractivity contribution in [2.45, 2.75) is 36.8 Å². The molecule has 0 bridgehead atoms. The third kappa shape index (κ3) is 5.00. The van der Waals surface area contributed by atoms with Gasteiger partial charge in [0.15, 0.2) is 0 Å². The highest BCUT2D eigenvalue weighted by molar-refractivity contribution is 7.91. The van der Waals surface area contributed by atoms with E-state index in [1.807, 2.05) is 0 Å². The number of sulfone groups is 1. The van der Waals surface area contributed by atoms with Gasteiger partial charge in [-0.3, -0.25) is 9.59 Å². The number of piperidine rings is 1. The molecule has 1 aliphatic rings. The first-order valence-corrected chi connectivity index (χ1v) is 9.94. The topological polar surface area (TPSA) is 83.6 Å². The summed E-state index contributed by atoms with van der Waals surface area (Å²) in [5, 5.41) is 2.58. The van der Waals surface area contributed by atoms with Gasteiger partial charge in [0.25, 0.3) is 5.91 Å². The van der Waals surface area contributed by atoms with E-state index in [-0.39, 0.29) is 24.4 Å². The zero-order valence-electron chi connectivity index (χ0n) is 14.5. The van der Waals surface area contributed by atoms with E-state index in [1.165, 1.54) is 12.1 Å². The molecule has 0 radical (unpaired) electrons. The van der Waals surface area contributed by atoms with Crippen LogP contribution in [0.25, 0.3) is 0 Å². The Labute approximate surface area is 151 Å². The number of amides is 2. The van der Waals surface area contributed by atoms with Crippen LogP contribution in [0.5, 0.6) is 0 Å². The zero-order chi connectivity index (χ0) is 19.3. The molecule has 1 atom stereocenters. The fourth-order valence-corrected chi connectivity index (χ4v) is 3.58. The Hall–Kier alpha value is -2.03. The number of nitrogens with zero attached hydrogens (tertiary/aromatic N) is 1. The summed E-state index contributed by atoms with van der Waals surface area (Å²) in [5.41, 5.74) is 0.136. The summed E-state index contributed by atoms with van der Waals surface area (Å²) in [6.07, 6.45) is 2.27. The average molecular weight is 388 g/mol. The molecule has 2 rings (SSSR count). The molecule has 26 heavy (non-hydrogen) atoms. The zero-order valence-corrected chi connectivity index (χ0v) is 15.3. The van der Waals surface area contributed by atoms with E-state index in [2.05, 4.69) is 12.2 Å². The van der Waals surface area contributed by atoms with E-state index in [0.29, 0.717) is 5.92 Å². The van der Waals surface area contributed by atoms with Gasteiger partial charge in [0.1, 0.15) is 0 Å². The molecule has 0 saturated carbocycles. The van der Waals surface area contributed by atoms with Crippen LogP contribution >= 0.6 is 0 Å². The molecule has 1 heterocycles. The number of nitrogens with one attached hydrogen (secondary N) is 1. The molecular weight excluding hydrogens is 366 g/mol. The van der Waals surface area contributed by atoms with E-state index in [1.54, 1.807) is 4.90 Å². The number of rotatable bonds is 6. The van der Waals surface area contributed by atoms with Crippen LogP contribution in [-0.2, 0) is 14.6 Å². The van der Waals surface area contributed by atoms with Gasteiger partial charge in [-0.15, -0.1) is 0 Å². The summed E-state index contributed by atoms with van der Waals surface area (Å²) < 4.78 is 47.6. The van der Waals surface area contributed by atoms with Gasteiger partial charge in [0, 0.05) is 31.6 Å². The first-order valence-electron chi connectivity index (χ1n) is 8.40. The molecule has 1 aliphatic heterocycles. The summed E-state index contributed by atoms with van der Waals surface area (Å²) in [6, 6.07) is 4.27. The Morgan fingerprint density at radius 3 is 2.50 bits per heavy atom. The van der Waals surface area contributed by atoms with Crippen LogP contribution < -0.4 is 5.32 Å². The number of carbonyl (C=O) groups is 2. The fraction of sp³-hybridized carbons (Fsp3) is 0.529. The van der Waals surface area contributed by atoms with Gasteiger partial charge in [0.2, 0.25) is 15.7 Å². The standard InChI is InChI=1S/C17H22F2N2O4S/c1-12-3-2-10-21(11-12)15(22)8-9-20-16(23)13-4-6-14(7-5-13)26(24,25)17(18)19/h4-7,12,17H,2-3,8-11H2,1H3,(H,20,23). The lowest BCUT2D eigenvalue weighted by Crippen LogP contribution is -2.40. The first-order chi connectivity index (χ1) is 12.2. The highest BCUT2D eigenvalue weighted by Crippen LogP contribution is 2.19. The minimum atomic E-state index is -4.68. The van der Waals surface area contributed by atoms with E-state index in [0.717, 1.165) is 38.1 Å². The van der Waals surface area contributed by atoms with Crippen molar-refractivity contribution < 1.29 is 26.8 Å². The number of carbonyl (C=O) groups excluding carboxylic acids is 2. The van der Waals surface area contributed by atoms with E-state index in [4.69, 9.17) is 0 Å². The second-order valence-electron chi connectivity index (χ2n) is 6.42. The molecule has 0 spiro atoms. The van der Waals surface area contributed by atoms with Crippen molar-refractivity contribution in [2.75, 3.05) is 19.6 Å². The van der Waals surface area contributed by atoms with E-state index < -0.39 is 26.4 Å². The Morgan fingerprint density at radius 2 is 1.92 bits per heavy atom. The monoisotopic (exact) mass is 388 g/mol. The average Bonchev–Trinajstić information content (AvgIpc) is 2.61. The molecule has 1 aromatic carbocycles. The van der Waals surface area contributed by atoms with Crippen LogP contribution in [0.3, 0.4) is 0 Å². The van der Waals surface area contributed by atoms with Crippen LogP contribution in [0.2, 0.25) is 0 Å². The Balaban J connectivity index is 1.85. The summed E-state index contributed by atoms with van der Waals surface area (Å²) >= 11 is 0. The highest BCUT2D eigenvalue weighted by Gasteiger charge is 2.26. The summed E-state index contributed by atoms with van der Waals surface area (Å²) in [4.78, 5) is 25.4. The molecule has 144 valence electrons. The van der Waals surface area contributed by atoms with Crippen molar-refractivity contribution in [1.29, 1.82) is 0 Å².